The van der Waals surface area contributed by atoms with Gasteiger partial charge < -0.3 is 14.4 Å². The number of ketones is 1. The first-order valence-electron chi connectivity index (χ1n) is 11.0. The van der Waals surface area contributed by atoms with Gasteiger partial charge in [0.25, 0.3) is 0 Å². The van der Waals surface area contributed by atoms with Crippen molar-refractivity contribution in [3.63, 3.8) is 0 Å². The number of anilines is 1. The fourth-order valence-electron chi connectivity index (χ4n) is 3.72. The fourth-order valence-corrected chi connectivity index (χ4v) is 3.85. The van der Waals surface area contributed by atoms with Crippen molar-refractivity contribution >= 4 is 34.9 Å². The van der Waals surface area contributed by atoms with Crippen LogP contribution in [0.1, 0.15) is 29.3 Å². The lowest BCUT2D eigenvalue weighted by molar-refractivity contribution is -0.151. The first-order valence-corrected chi connectivity index (χ1v) is 11.3. The number of amides is 1. The van der Waals surface area contributed by atoms with E-state index in [-0.39, 0.29) is 24.7 Å². The highest BCUT2D eigenvalue weighted by molar-refractivity contribution is 6.30. The van der Waals surface area contributed by atoms with Gasteiger partial charge in [-0.1, -0.05) is 29.3 Å². The first-order chi connectivity index (χ1) is 16.3. The summed E-state index contributed by atoms with van der Waals surface area (Å²) in [6.07, 6.45) is -0.932. The van der Waals surface area contributed by atoms with Crippen LogP contribution < -0.4 is 9.64 Å². The van der Waals surface area contributed by atoms with Crippen LogP contribution >= 0.6 is 11.6 Å². The van der Waals surface area contributed by atoms with E-state index in [9.17, 15) is 14.4 Å². The summed E-state index contributed by atoms with van der Waals surface area (Å²) < 4.78 is 11.2. The number of carbonyl (C=O) groups is 3. The fraction of sp³-hybridized carbons (Fsp3) is 0.222. The Kier molecular flexibility index (Phi) is 6.98. The number of nitrogens with zero attached hydrogens (tertiary/aromatic N) is 1. The number of carbonyl (C=O) groups excluding carboxylic acids is 3. The summed E-state index contributed by atoms with van der Waals surface area (Å²) in [5.74, 6) is -0.340. The molecule has 0 unspecified atom stereocenters. The second kappa shape index (κ2) is 10.1. The third-order valence-corrected chi connectivity index (χ3v) is 5.91. The maximum Gasteiger partial charge on any atom is 0.312 e. The monoisotopic (exact) mass is 477 g/mol. The SMILES string of the molecule is Cc1ccc(Oc2ccc(N3C[C@H](C(=O)O[C@@H](C)C(=O)c4ccc(Cl)cc4)CC3=O)cc2)cc1. The molecule has 1 amide bonds. The molecule has 0 saturated carbocycles. The van der Waals surface area contributed by atoms with E-state index < -0.39 is 18.0 Å². The van der Waals surface area contributed by atoms with Gasteiger partial charge in [0, 0.05) is 29.2 Å². The number of ether oxygens (including phenoxy) is 2. The molecule has 7 heteroatoms. The summed E-state index contributed by atoms with van der Waals surface area (Å²) in [6, 6.07) is 21.2. The number of hydrogen-bond acceptors (Lipinski definition) is 5. The molecule has 1 saturated heterocycles. The topological polar surface area (TPSA) is 72.9 Å². The Labute approximate surface area is 203 Å². The zero-order chi connectivity index (χ0) is 24.2. The van der Waals surface area contributed by atoms with Crippen molar-refractivity contribution in [3.05, 3.63) is 88.9 Å². The van der Waals surface area contributed by atoms with Crippen molar-refractivity contribution in [3.8, 4) is 11.5 Å². The third-order valence-electron chi connectivity index (χ3n) is 5.65. The molecule has 0 N–H and O–H groups in total. The molecule has 0 aromatic heterocycles. The van der Waals surface area contributed by atoms with Crippen LogP contribution in [0.2, 0.25) is 5.02 Å². The van der Waals surface area contributed by atoms with Crippen molar-refractivity contribution in [2.45, 2.75) is 26.4 Å². The minimum absolute atomic E-state index is 0.0301. The van der Waals surface area contributed by atoms with Crippen LogP contribution in [-0.2, 0) is 14.3 Å². The van der Waals surface area contributed by atoms with E-state index in [1.54, 1.807) is 53.4 Å². The molecule has 1 fully saturated rings. The molecular formula is C27H24ClNO5. The average molecular weight is 478 g/mol. The molecule has 1 aliphatic rings. The molecule has 0 radical (unpaired) electrons. The summed E-state index contributed by atoms with van der Waals surface area (Å²) in [7, 11) is 0. The lowest BCUT2D eigenvalue weighted by Gasteiger charge is -2.18. The summed E-state index contributed by atoms with van der Waals surface area (Å²) in [6.45, 7) is 3.72. The molecular weight excluding hydrogens is 454 g/mol. The highest BCUT2D eigenvalue weighted by Crippen LogP contribution is 2.29. The summed E-state index contributed by atoms with van der Waals surface area (Å²) in [5, 5.41) is 0.514. The van der Waals surface area contributed by atoms with Gasteiger partial charge in [0.05, 0.1) is 5.92 Å². The van der Waals surface area contributed by atoms with Crippen LogP contribution in [0.4, 0.5) is 5.69 Å². The van der Waals surface area contributed by atoms with Gasteiger partial charge in [-0.05, 0) is 74.5 Å². The van der Waals surface area contributed by atoms with Crippen molar-refractivity contribution in [2.75, 3.05) is 11.4 Å². The highest BCUT2D eigenvalue weighted by atomic mass is 35.5. The van der Waals surface area contributed by atoms with Crippen LogP contribution in [0.3, 0.4) is 0 Å². The van der Waals surface area contributed by atoms with E-state index >= 15 is 0 Å². The molecule has 4 rings (SSSR count). The van der Waals surface area contributed by atoms with Crippen molar-refractivity contribution < 1.29 is 23.9 Å². The zero-order valence-electron chi connectivity index (χ0n) is 18.9. The van der Waals surface area contributed by atoms with E-state index in [1.807, 2.05) is 31.2 Å². The van der Waals surface area contributed by atoms with Crippen LogP contribution in [0.25, 0.3) is 0 Å². The van der Waals surface area contributed by atoms with E-state index in [4.69, 9.17) is 21.1 Å². The maximum atomic E-state index is 12.7. The Bertz CT molecular complexity index is 1190. The Morgan fingerprint density at radius 2 is 1.53 bits per heavy atom. The first kappa shape index (κ1) is 23.5. The quantitative estimate of drug-likeness (QED) is 0.327. The van der Waals surface area contributed by atoms with Crippen LogP contribution in [0.5, 0.6) is 11.5 Å². The molecule has 1 heterocycles. The van der Waals surface area contributed by atoms with Crippen LogP contribution in [0.15, 0.2) is 72.8 Å². The van der Waals surface area contributed by atoms with E-state index in [0.717, 1.165) is 11.3 Å². The molecule has 0 spiro atoms. The van der Waals surface area contributed by atoms with Gasteiger partial charge in [0.2, 0.25) is 11.7 Å². The number of Topliss-reactive ketones (excluding diaryl/α,β-unsaturated/α-hetero) is 1. The predicted molar refractivity (Wildman–Crippen MR) is 129 cm³/mol. The summed E-state index contributed by atoms with van der Waals surface area (Å²) in [4.78, 5) is 39.3. The highest BCUT2D eigenvalue weighted by Gasteiger charge is 2.37. The number of benzene rings is 3. The molecule has 174 valence electrons. The molecule has 3 aromatic carbocycles. The lowest BCUT2D eigenvalue weighted by Crippen LogP contribution is -2.30. The van der Waals surface area contributed by atoms with E-state index in [1.165, 1.54) is 6.92 Å². The third kappa shape index (κ3) is 5.46. The van der Waals surface area contributed by atoms with Gasteiger partial charge >= 0.3 is 5.97 Å². The number of rotatable bonds is 7. The standard InChI is InChI=1S/C27H24ClNO5/c1-17-3-11-23(12-4-17)34-24-13-9-22(10-14-24)29-16-20(15-25(29)30)27(32)33-18(2)26(31)19-5-7-21(28)8-6-19/h3-14,18,20H,15-16H2,1-2H3/t18-,20+/m0/s1. The van der Waals surface area contributed by atoms with Gasteiger partial charge in [0.15, 0.2) is 6.10 Å². The maximum absolute atomic E-state index is 12.7. The molecule has 0 aliphatic carbocycles. The van der Waals surface area contributed by atoms with Gasteiger partial charge in [-0.15, -0.1) is 0 Å². The number of halogens is 1. The number of esters is 1. The lowest BCUT2D eigenvalue weighted by atomic mass is 10.1. The molecule has 3 aromatic rings. The van der Waals surface area contributed by atoms with Gasteiger partial charge in [-0.25, -0.2) is 0 Å². The average Bonchev–Trinajstić information content (AvgIpc) is 3.23. The van der Waals surface area contributed by atoms with Gasteiger partial charge in [-0.2, -0.15) is 0 Å². The molecule has 0 bridgehead atoms. The molecule has 1 aliphatic heterocycles. The van der Waals surface area contributed by atoms with Gasteiger partial charge in [0.1, 0.15) is 11.5 Å². The predicted octanol–water partition coefficient (Wildman–Crippen LogP) is 5.61. The van der Waals surface area contributed by atoms with E-state index in [2.05, 4.69) is 0 Å². The van der Waals surface area contributed by atoms with E-state index in [0.29, 0.717) is 22.0 Å². The number of hydrogen-bond donors (Lipinski definition) is 0. The Morgan fingerprint density at radius 3 is 2.15 bits per heavy atom. The minimum Gasteiger partial charge on any atom is -0.457 e. The zero-order valence-corrected chi connectivity index (χ0v) is 19.6. The number of aryl methyl sites for hydroxylation is 1. The summed E-state index contributed by atoms with van der Waals surface area (Å²) >= 11 is 5.85. The Balaban J connectivity index is 1.35. The Hall–Kier alpha value is -3.64. The van der Waals surface area contributed by atoms with Gasteiger partial charge in [-0.3, -0.25) is 14.4 Å². The Morgan fingerprint density at radius 1 is 0.941 bits per heavy atom. The minimum atomic E-state index is -0.962. The summed E-state index contributed by atoms with van der Waals surface area (Å²) in [5.41, 5.74) is 2.22. The molecule has 2 atom stereocenters. The normalized spacial score (nSPS) is 16.3. The largest absolute Gasteiger partial charge is 0.457 e. The van der Waals surface area contributed by atoms with Crippen LogP contribution in [-0.4, -0.2) is 30.3 Å². The second-order valence-corrected chi connectivity index (χ2v) is 8.70. The van der Waals surface area contributed by atoms with Crippen molar-refractivity contribution in [2.24, 2.45) is 5.92 Å². The van der Waals surface area contributed by atoms with Crippen molar-refractivity contribution in [1.29, 1.82) is 0 Å². The van der Waals surface area contributed by atoms with Crippen molar-refractivity contribution in [1.82, 2.24) is 0 Å². The second-order valence-electron chi connectivity index (χ2n) is 8.26. The smallest absolute Gasteiger partial charge is 0.312 e. The molecule has 34 heavy (non-hydrogen) atoms. The molecule has 6 nitrogen and oxygen atoms in total. The van der Waals surface area contributed by atoms with Crippen LogP contribution in [0, 0.1) is 12.8 Å².